The van der Waals surface area contributed by atoms with Gasteiger partial charge in [-0.3, -0.25) is 5.43 Å². The second kappa shape index (κ2) is 6.72. The van der Waals surface area contributed by atoms with Gasteiger partial charge in [0, 0.05) is 6.04 Å². The molecule has 1 aromatic carbocycles. The smallest absolute Gasteiger partial charge is 0.187 e. The molecule has 0 radical (unpaired) electrons. The number of nitrogens with zero attached hydrogens (tertiary/aromatic N) is 2. The third kappa shape index (κ3) is 4.52. The molecule has 1 aromatic rings. The molecule has 5 heteroatoms. The van der Waals surface area contributed by atoms with Crippen LogP contribution in [0.4, 0.5) is 0 Å². The van der Waals surface area contributed by atoms with E-state index in [4.69, 9.17) is 17.5 Å². The highest BCUT2D eigenvalue weighted by atomic mass is 32.1. The van der Waals surface area contributed by atoms with E-state index >= 15 is 0 Å². The van der Waals surface area contributed by atoms with Crippen molar-refractivity contribution in [1.29, 1.82) is 5.26 Å². The van der Waals surface area contributed by atoms with Crippen LogP contribution in [0.1, 0.15) is 31.9 Å². The van der Waals surface area contributed by atoms with Crippen LogP contribution in [0.25, 0.3) is 0 Å². The Labute approximate surface area is 113 Å². The topological polar surface area (TPSA) is 60.2 Å². The third-order valence-corrected chi connectivity index (χ3v) is 2.39. The Balaban J connectivity index is 2.65. The predicted molar refractivity (Wildman–Crippen MR) is 77.4 cm³/mol. The van der Waals surface area contributed by atoms with E-state index in [2.05, 4.69) is 21.9 Å². The van der Waals surface area contributed by atoms with Gasteiger partial charge in [-0.1, -0.05) is 12.1 Å². The normalized spacial score (nSPS) is 10.9. The Morgan fingerprint density at radius 1 is 1.33 bits per heavy atom. The molecule has 0 atom stereocenters. The van der Waals surface area contributed by atoms with Crippen LogP contribution in [0, 0.1) is 11.3 Å². The van der Waals surface area contributed by atoms with Crippen molar-refractivity contribution >= 4 is 23.0 Å². The zero-order chi connectivity index (χ0) is 13.5. The van der Waals surface area contributed by atoms with E-state index in [0.29, 0.717) is 10.7 Å². The van der Waals surface area contributed by atoms with Crippen molar-refractivity contribution < 1.29 is 0 Å². The Bertz CT molecular complexity index is 483. The molecule has 2 N–H and O–H groups in total. The van der Waals surface area contributed by atoms with Gasteiger partial charge in [0.15, 0.2) is 5.11 Å². The van der Waals surface area contributed by atoms with Crippen LogP contribution < -0.4 is 10.7 Å². The minimum atomic E-state index is 0.274. The van der Waals surface area contributed by atoms with Gasteiger partial charge in [-0.05, 0) is 50.7 Å². The lowest BCUT2D eigenvalue weighted by molar-refractivity contribution is 0.719. The first-order chi connectivity index (χ1) is 8.52. The Morgan fingerprint density at radius 2 is 1.94 bits per heavy atom. The van der Waals surface area contributed by atoms with E-state index in [1.807, 2.05) is 32.9 Å². The van der Waals surface area contributed by atoms with Gasteiger partial charge in [-0.15, -0.1) is 0 Å². The summed E-state index contributed by atoms with van der Waals surface area (Å²) in [5.74, 6) is 0. The van der Waals surface area contributed by atoms with Crippen LogP contribution in [-0.4, -0.2) is 16.9 Å². The van der Waals surface area contributed by atoms with Crippen LogP contribution in [0.15, 0.2) is 29.4 Å². The number of nitriles is 1. The second-order valence-electron chi connectivity index (χ2n) is 4.13. The monoisotopic (exact) mass is 260 g/mol. The van der Waals surface area contributed by atoms with Gasteiger partial charge in [0.1, 0.15) is 0 Å². The van der Waals surface area contributed by atoms with Crippen molar-refractivity contribution in [2.45, 2.75) is 26.8 Å². The van der Waals surface area contributed by atoms with Gasteiger partial charge in [0.2, 0.25) is 0 Å². The molecule has 4 nitrogen and oxygen atoms in total. The molecule has 0 amide bonds. The van der Waals surface area contributed by atoms with E-state index in [1.165, 1.54) is 0 Å². The highest BCUT2D eigenvalue weighted by Crippen LogP contribution is 2.04. The third-order valence-electron chi connectivity index (χ3n) is 2.18. The molecule has 0 aliphatic carbocycles. The van der Waals surface area contributed by atoms with Crippen molar-refractivity contribution in [3.05, 3.63) is 35.4 Å². The zero-order valence-electron chi connectivity index (χ0n) is 10.7. The number of thiocarbonyl (C=S) groups is 1. The van der Waals surface area contributed by atoms with Gasteiger partial charge in [0.25, 0.3) is 0 Å². The Morgan fingerprint density at radius 3 is 2.44 bits per heavy atom. The maximum atomic E-state index is 8.71. The maximum absolute atomic E-state index is 8.71. The van der Waals surface area contributed by atoms with Crippen molar-refractivity contribution in [3.63, 3.8) is 0 Å². The summed E-state index contributed by atoms with van der Waals surface area (Å²) in [6.45, 7) is 5.89. The number of hydrogen-bond donors (Lipinski definition) is 2. The van der Waals surface area contributed by atoms with Crippen molar-refractivity contribution in [1.82, 2.24) is 10.7 Å². The first-order valence-electron chi connectivity index (χ1n) is 5.64. The number of rotatable bonds is 3. The van der Waals surface area contributed by atoms with Crippen LogP contribution in [-0.2, 0) is 0 Å². The maximum Gasteiger partial charge on any atom is 0.187 e. The largest absolute Gasteiger partial charge is 0.359 e. The van der Waals surface area contributed by atoms with Crippen LogP contribution in [0.5, 0.6) is 0 Å². The van der Waals surface area contributed by atoms with Crippen LogP contribution >= 0.6 is 12.2 Å². The minimum Gasteiger partial charge on any atom is -0.359 e. The van der Waals surface area contributed by atoms with Gasteiger partial charge >= 0.3 is 0 Å². The number of hydrogen-bond acceptors (Lipinski definition) is 3. The fourth-order valence-electron chi connectivity index (χ4n) is 1.28. The summed E-state index contributed by atoms with van der Waals surface area (Å²) >= 11 is 5.07. The second-order valence-corrected chi connectivity index (χ2v) is 4.53. The summed E-state index contributed by atoms with van der Waals surface area (Å²) in [6, 6.07) is 9.60. The first kappa shape index (κ1) is 14.1. The predicted octanol–water partition coefficient (Wildman–Crippen LogP) is 2.15. The molecular formula is C13H16N4S. The molecule has 94 valence electrons. The molecule has 0 aliphatic heterocycles. The number of nitrogens with one attached hydrogen (secondary N) is 2. The van der Waals surface area contributed by atoms with E-state index in [0.717, 1.165) is 11.3 Å². The van der Waals surface area contributed by atoms with Crippen LogP contribution in [0.2, 0.25) is 0 Å². The highest BCUT2D eigenvalue weighted by molar-refractivity contribution is 7.80. The van der Waals surface area contributed by atoms with Gasteiger partial charge < -0.3 is 5.32 Å². The minimum absolute atomic E-state index is 0.274. The molecule has 0 aromatic heterocycles. The quantitative estimate of drug-likeness (QED) is 0.497. The average Bonchev–Trinajstić information content (AvgIpc) is 2.35. The van der Waals surface area contributed by atoms with Crippen molar-refractivity contribution in [2.24, 2.45) is 5.10 Å². The van der Waals surface area contributed by atoms with E-state index < -0.39 is 0 Å². The lowest BCUT2D eigenvalue weighted by atomic mass is 10.1. The summed E-state index contributed by atoms with van der Waals surface area (Å²) in [5, 5.41) is 16.4. The van der Waals surface area contributed by atoms with Crippen molar-refractivity contribution in [2.75, 3.05) is 0 Å². The van der Waals surface area contributed by atoms with E-state index in [1.54, 1.807) is 12.1 Å². The molecule has 1 rings (SSSR count). The fourth-order valence-corrected chi connectivity index (χ4v) is 1.56. The summed E-state index contributed by atoms with van der Waals surface area (Å²) < 4.78 is 0. The fraction of sp³-hybridized carbons (Fsp3) is 0.308. The molecule has 0 aliphatic rings. The summed E-state index contributed by atoms with van der Waals surface area (Å²) in [7, 11) is 0. The molecule has 0 fully saturated rings. The van der Waals surface area contributed by atoms with Gasteiger partial charge in [0.05, 0.1) is 17.3 Å². The van der Waals surface area contributed by atoms with Gasteiger partial charge in [-0.2, -0.15) is 10.4 Å². The molecule has 0 saturated heterocycles. The Hall–Kier alpha value is -1.93. The molecular weight excluding hydrogens is 244 g/mol. The molecule has 18 heavy (non-hydrogen) atoms. The molecule has 0 spiro atoms. The number of hydrazone groups is 1. The first-order valence-corrected chi connectivity index (χ1v) is 6.05. The highest BCUT2D eigenvalue weighted by Gasteiger charge is 1.99. The lowest BCUT2D eigenvalue weighted by Crippen LogP contribution is -2.37. The van der Waals surface area contributed by atoms with E-state index in [-0.39, 0.29) is 6.04 Å². The summed E-state index contributed by atoms with van der Waals surface area (Å²) in [5.41, 5.74) is 5.18. The van der Waals surface area contributed by atoms with Crippen molar-refractivity contribution in [3.8, 4) is 6.07 Å². The zero-order valence-corrected chi connectivity index (χ0v) is 11.5. The standard InChI is InChI=1S/C13H16N4S/c1-9(2)15-13(18)17-16-10(3)12-6-4-11(8-14)5-7-12/h4-7,9H,1-3H3,(H2,15,17,18). The molecule has 0 saturated carbocycles. The molecule has 0 unspecified atom stereocenters. The molecule has 0 heterocycles. The average molecular weight is 260 g/mol. The van der Waals surface area contributed by atoms with Crippen LogP contribution in [0.3, 0.4) is 0 Å². The summed E-state index contributed by atoms with van der Waals surface area (Å²) in [4.78, 5) is 0. The van der Waals surface area contributed by atoms with E-state index in [9.17, 15) is 0 Å². The molecule has 0 bridgehead atoms. The lowest BCUT2D eigenvalue weighted by Gasteiger charge is -2.10. The Kier molecular flexibility index (Phi) is 5.28. The SMILES string of the molecule is CC(=NNC(=S)NC(C)C)c1ccc(C#N)cc1. The summed E-state index contributed by atoms with van der Waals surface area (Å²) in [6.07, 6.45) is 0. The van der Waals surface area contributed by atoms with Gasteiger partial charge in [-0.25, -0.2) is 0 Å². The number of benzene rings is 1.